The number of methoxy groups -OCH3 is 1. The SMILES string of the molecule is COCCN1C(=O)S/C(=C\c2ccc(-c3ccc([N+](=O)[O-])cc3C)o2)C1=O. The van der Waals surface area contributed by atoms with Crippen LogP contribution in [0.5, 0.6) is 0 Å². The average Bonchev–Trinajstić information content (AvgIpc) is 3.18. The van der Waals surface area contributed by atoms with Crippen LogP contribution in [0.4, 0.5) is 10.5 Å². The summed E-state index contributed by atoms with van der Waals surface area (Å²) in [7, 11) is 1.50. The van der Waals surface area contributed by atoms with Gasteiger partial charge in [0, 0.05) is 30.9 Å². The normalized spacial score (nSPS) is 15.8. The molecule has 0 atom stereocenters. The van der Waals surface area contributed by atoms with E-state index in [1.165, 1.54) is 25.3 Å². The van der Waals surface area contributed by atoms with E-state index in [4.69, 9.17) is 9.15 Å². The van der Waals surface area contributed by atoms with Gasteiger partial charge in [-0.05, 0) is 42.4 Å². The minimum Gasteiger partial charge on any atom is -0.457 e. The van der Waals surface area contributed by atoms with Gasteiger partial charge in [-0.1, -0.05) is 0 Å². The van der Waals surface area contributed by atoms with Crippen molar-refractivity contribution in [2.45, 2.75) is 6.92 Å². The number of non-ortho nitro benzene ring substituents is 1. The number of imide groups is 1. The molecule has 0 radical (unpaired) electrons. The molecule has 1 aliphatic heterocycles. The van der Waals surface area contributed by atoms with Gasteiger partial charge in [0.15, 0.2) is 0 Å². The lowest BCUT2D eigenvalue weighted by atomic mass is 10.1. The predicted molar refractivity (Wildman–Crippen MR) is 100 cm³/mol. The number of nitrogens with zero attached hydrogens (tertiary/aromatic N) is 2. The van der Waals surface area contributed by atoms with Crippen LogP contribution < -0.4 is 0 Å². The van der Waals surface area contributed by atoms with Gasteiger partial charge in [-0.25, -0.2) is 0 Å². The van der Waals surface area contributed by atoms with Gasteiger partial charge in [0.2, 0.25) is 0 Å². The van der Waals surface area contributed by atoms with Crippen molar-refractivity contribution < 1.29 is 23.7 Å². The van der Waals surface area contributed by atoms with Gasteiger partial charge in [-0.3, -0.25) is 24.6 Å². The van der Waals surface area contributed by atoms with Crippen molar-refractivity contribution in [2.24, 2.45) is 0 Å². The Balaban J connectivity index is 1.82. The van der Waals surface area contributed by atoms with Crippen molar-refractivity contribution in [3.8, 4) is 11.3 Å². The molecule has 0 unspecified atom stereocenters. The molecule has 2 aromatic rings. The standard InChI is InChI=1S/C18H16N2O6S/c1-11-9-12(20(23)24)3-5-14(11)15-6-4-13(26-15)10-16-17(21)19(7-8-25-2)18(22)27-16/h3-6,9-10H,7-8H2,1-2H3/b16-10-. The Morgan fingerprint density at radius 2 is 2.07 bits per heavy atom. The smallest absolute Gasteiger partial charge is 0.293 e. The van der Waals surface area contributed by atoms with Gasteiger partial charge in [0.05, 0.1) is 23.0 Å². The number of hydrogen-bond acceptors (Lipinski definition) is 7. The monoisotopic (exact) mass is 388 g/mol. The van der Waals surface area contributed by atoms with Crippen LogP contribution in [0.15, 0.2) is 39.7 Å². The summed E-state index contributed by atoms with van der Waals surface area (Å²) in [5.74, 6) is 0.554. The number of ether oxygens (including phenoxy) is 1. The van der Waals surface area contributed by atoms with Crippen LogP contribution in [0, 0.1) is 17.0 Å². The second kappa shape index (κ2) is 7.77. The van der Waals surface area contributed by atoms with Gasteiger partial charge in [0.25, 0.3) is 16.8 Å². The molecule has 1 fully saturated rings. The first kappa shape index (κ1) is 18.9. The number of carbonyl (C=O) groups is 2. The number of thioether (sulfide) groups is 1. The highest BCUT2D eigenvalue weighted by Crippen LogP contribution is 2.34. The minimum absolute atomic E-state index is 0.00719. The highest BCUT2D eigenvalue weighted by molar-refractivity contribution is 8.18. The lowest BCUT2D eigenvalue weighted by Gasteiger charge is -2.10. The van der Waals surface area contributed by atoms with E-state index in [-0.39, 0.29) is 34.9 Å². The molecule has 0 spiro atoms. The summed E-state index contributed by atoms with van der Waals surface area (Å²) >= 11 is 0.848. The molecule has 0 bridgehead atoms. The summed E-state index contributed by atoms with van der Waals surface area (Å²) in [6, 6.07) is 7.90. The van der Waals surface area contributed by atoms with Crippen LogP contribution in [0.2, 0.25) is 0 Å². The average molecular weight is 388 g/mol. The highest BCUT2D eigenvalue weighted by atomic mass is 32.2. The molecular weight excluding hydrogens is 372 g/mol. The summed E-state index contributed by atoms with van der Waals surface area (Å²) in [4.78, 5) is 36.0. The summed E-state index contributed by atoms with van der Waals surface area (Å²) < 4.78 is 10.7. The first-order valence-electron chi connectivity index (χ1n) is 8.00. The molecule has 0 aliphatic carbocycles. The van der Waals surface area contributed by atoms with Crippen molar-refractivity contribution in [3.63, 3.8) is 0 Å². The second-order valence-corrected chi connectivity index (χ2v) is 6.78. The first-order valence-corrected chi connectivity index (χ1v) is 8.82. The number of nitro benzene ring substituents is 1. The van der Waals surface area contributed by atoms with Crippen molar-refractivity contribution in [1.82, 2.24) is 4.90 Å². The van der Waals surface area contributed by atoms with Gasteiger partial charge in [-0.2, -0.15) is 0 Å². The van der Waals surface area contributed by atoms with Crippen LogP contribution in [0.25, 0.3) is 17.4 Å². The second-order valence-electron chi connectivity index (χ2n) is 5.78. The van der Waals surface area contributed by atoms with E-state index < -0.39 is 4.92 Å². The lowest BCUT2D eigenvalue weighted by molar-refractivity contribution is -0.384. The first-order chi connectivity index (χ1) is 12.9. The van der Waals surface area contributed by atoms with E-state index in [1.54, 1.807) is 25.1 Å². The zero-order valence-electron chi connectivity index (χ0n) is 14.6. The Bertz CT molecular complexity index is 949. The summed E-state index contributed by atoms with van der Waals surface area (Å²) in [6.07, 6.45) is 1.52. The predicted octanol–water partition coefficient (Wildman–Crippen LogP) is 3.85. The third kappa shape index (κ3) is 3.93. The van der Waals surface area contributed by atoms with E-state index in [2.05, 4.69) is 0 Å². The number of nitro groups is 1. The zero-order chi connectivity index (χ0) is 19.6. The summed E-state index contributed by atoms with van der Waals surface area (Å²) in [6.45, 7) is 2.23. The summed E-state index contributed by atoms with van der Waals surface area (Å²) in [5.41, 5.74) is 1.42. The molecule has 8 nitrogen and oxygen atoms in total. The molecule has 3 rings (SSSR count). The Labute approximate surface area is 158 Å². The molecule has 1 aromatic carbocycles. The van der Waals surface area contributed by atoms with Crippen LogP contribution in [0.1, 0.15) is 11.3 Å². The number of aryl methyl sites for hydroxylation is 1. The number of benzene rings is 1. The van der Waals surface area contributed by atoms with Gasteiger partial charge < -0.3 is 9.15 Å². The Morgan fingerprint density at radius 3 is 2.74 bits per heavy atom. The Morgan fingerprint density at radius 1 is 1.30 bits per heavy atom. The third-order valence-electron chi connectivity index (χ3n) is 3.98. The fourth-order valence-electron chi connectivity index (χ4n) is 2.62. The maximum absolute atomic E-state index is 12.3. The van der Waals surface area contributed by atoms with E-state index in [1.807, 2.05) is 0 Å². The maximum atomic E-state index is 12.3. The molecule has 2 amide bonds. The van der Waals surface area contributed by atoms with Crippen LogP contribution >= 0.6 is 11.8 Å². The molecule has 0 N–H and O–H groups in total. The van der Waals surface area contributed by atoms with Gasteiger partial charge in [-0.15, -0.1) is 0 Å². The highest BCUT2D eigenvalue weighted by Gasteiger charge is 2.34. The Kier molecular flexibility index (Phi) is 5.43. The van der Waals surface area contributed by atoms with Crippen molar-refractivity contribution >= 4 is 34.7 Å². The molecule has 2 heterocycles. The minimum atomic E-state index is -0.454. The fraction of sp³-hybridized carbons (Fsp3) is 0.222. The maximum Gasteiger partial charge on any atom is 0.293 e. The van der Waals surface area contributed by atoms with Gasteiger partial charge >= 0.3 is 0 Å². The van der Waals surface area contributed by atoms with Gasteiger partial charge in [0.1, 0.15) is 11.5 Å². The largest absolute Gasteiger partial charge is 0.457 e. The Hall–Kier alpha value is -2.91. The molecule has 1 saturated heterocycles. The molecule has 140 valence electrons. The quantitative estimate of drug-likeness (QED) is 0.421. The topological polar surface area (TPSA) is 103 Å². The molecular formula is C18H16N2O6S. The number of furan rings is 1. The number of carbonyl (C=O) groups excluding carboxylic acids is 2. The van der Waals surface area contributed by atoms with Crippen LogP contribution in [-0.4, -0.2) is 41.2 Å². The fourth-order valence-corrected chi connectivity index (χ4v) is 3.46. The molecule has 1 aliphatic rings. The number of rotatable bonds is 6. The molecule has 9 heteroatoms. The van der Waals surface area contributed by atoms with Crippen LogP contribution in [-0.2, 0) is 9.53 Å². The van der Waals surface area contributed by atoms with E-state index in [0.717, 1.165) is 16.7 Å². The molecule has 0 saturated carbocycles. The van der Waals surface area contributed by atoms with Crippen molar-refractivity contribution in [1.29, 1.82) is 0 Å². The van der Waals surface area contributed by atoms with E-state index in [9.17, 15) is 19.7 Å². The lowest BCUT2D eigenvalue weighted by Crippen LogP contribution is -2.31. The zero-order valence-corrected chi connectivity index (χ0v) is 15.4. The van der Waals surface area contributed by atoms with Crippen molar-refractivity contribution in [2.75, 3.05) is 20.3 Å². The van der Waals surface area contributed by atoms with Crippen molar-refractivity contribution in [3.05, 3.63) is 56.7 Å². The third-order valence-corrected chi connectivity index (χ3v) is 4.89. The number of amides is 2. The van der Waals surface area contributed by atoms with E-state index >= 15 is 0 Å². The summed E-state index contributed by atoms with van der Waals surface area (Å²) in [5, 5.41) is 10.5. The van der Waals surface area contributed by atoms with E-state index in [0.29, 0.717) is 22.6 Å². The molecule has 1 aromatic heterocycles. The molecule has 27 heavy (non-hydrogen) atoms. The number of hydrogen-bond donors (Lipinski definition) is 0. The van der Waals surface area contributed by atoms with Crippen LogP contribution in [0.3, 0.4) is 0 Å².